The van der Waals surface area contributed by atoms with Gasteiger partial charge in [-0.2, -0.15) is 0 Å². The number of Topliss-reactive ketones (excluding diaryl/α,β-unsaturated/α-hetero) is 1. The smallest absolute Gasteiger partial charge is 0.309 e. The van der Waals surface area contributed by atoms with Crippen LogP contribution in [-0.4, -0.2) is 16.9 Å². The standard InChI is InChI=1S/C13H24O3/c1-12(2,3)8-6-10(14)7-9-13(4,5)11(15)16/h6-9H2,1-5H3,(H,15,16). The highest BCUT2D eigenvalue weighted by Gasteiger charge is 2.27. The van der Waals surface area contributed by atoms with E-state index in [0.717, 1.165) is 6.42 Å². The molecule has 0 spiro atoms. The molecular formula is C13H24O3. The lowest BCUT2D eigenvalue weighted by molar-refractivity contribution is -0.147. The second-order valence-corrected chi connectivity index (χ2v) is 6.29. The first-order chi connectivity index (χ1) is 7.04. The van der Waals surface area contributed by atoms with Crippen molar-refractivity contribution in [2.45, 2.75) is 60.3 Å². The minimum Gasteiger partial charge on any atom is -0.481 e. The molecule has 94 valence electrons. The van der Waals surface area contributed by atoms with Crippen molar-refractivity contribution in [1.29, 1.82) is 0 Å². The third-order valence-corrected chi connectivity index (χ3v) is 2.76. The van der Waals surface area contributed by atoms with Crippen LogP contribution in [0.15, 0.2) is 0 Å². The zero-order valence-corrected chi connectivity index (χ0v) is 11.1. The largest absolute Gasteiger partial charge is 0.481 e. The molecule has 0 rings (SSSR count). The average Bonchev–Trinajstić information content (AvgIpc) is 2.10. The van der Waals surface area contributed by atoms with Crippen molar-refractivity contribution >= 4 is 11.8 Å². The van der Waals surface area contributed by atoms with Crippen LogP contribution in [0.2, 0.25) is 0 Å². The van der Waals surface area contributed by atoms with Crippen LogP contribution in [0.5, 0.6) is 0 Å². The van der Waals surface area contributed by atoms with Crippen molar-refractivity contribution in [2.75, 3.05) is 0 Å². The number of carboxylic acid groups (broad SMARTS) is 1. The summed E-state index contributed by atoms with van der Waals surface area (Å²) in [4.78, 5) is 22.4. The van der Waals surface area contributed by atoms with E-state index in [4.69, 9.17) is 5.11 Å². The van der Waals surface area contributed by atoms with E-state index < -0.39 is 11.4 Å². The lowest BCUT2D eigenvalue weighted by atomic mass is 9.85. The molecule has 0 aliphatic carbocycles. The number of carboxylic acids is 1. The Morgan fingerprint density at radius 2 is 1.38 bits per heavy atom. The fourth-order valence-corrected chi connectivity index (χ4v) is 1.20. The van der Waals surface area contributed by atoms with Crippen LogP contribution >= 0.6 is 0 Å². The molecule has 0 aliphatic rings. The van der Waals surface area contributed by atoms with E-state index in [2.05, 4.69) is 20.8 Å². The first kappa shape index (κ1) is 15.1. The summed E-state index contributed by atoms with van der Waals surface area (Å²) in [5.74, 6) is -0.666. The van der Waals surface area contributed by atoms with Gasteiger partial charge in [-0.15, -0.1) is 0 Å². The fraction of sp³-hybridized carbons (Fsp3) is 0.846. The molecule has 0 saturated heterocycles. The van der Waals surface area contributed by atoms with E-state index in [-0.39, 0.29) is 11.2 Å². The van der Waals surface area contributed by atoms with Crippen molar-refractivity contribution in [3.8, 4) is 0 Å². The summed E-state index contributed by atoms with van der Waals surface area (Å²) in [7, 11) is 0. The molecule has 0 aromatic heterocycles. The third-order valence-electron chi connectivity index (χ3n) is 2.76. The van der Waals surface area contributed by atoms with Gasteiger partial charge in [0.1, 0.15) is 5.78 Å². The molecule has 1 N–H and O–H groups in total. The van der Waals surface area contributed by atoms with Crippen LogP contribution in [0.3, 0.4) is 0 Å². The van der Waals surface area contributed by atoms with E-state index >= 15 is 0 Å². The minimum absolute atomic E-state index is 0.165. The topological polar surface area (TPSA) is 54.4 Å². The summed E-state index contributed by atoms with van der Waals surface area (Å²) in [6, 6.07) is 0. The lowest BCUT2D eigenvalue weighted by Crippen LogP contribution is -2.24. The van der Waals surface area contributed by atoms with Gasteiger partial charge in [-0.05, 0) is 32.1 Å². The maximum Gasteiger partial charge on any atom is 0.309 e. The Hall–Kier alpha value is -0.860. The first-order valence-corrected chi connectivity index (χ1v) is 5.80. The SMILES string of the molecule is CC(C)(C)CCC(=O)CCC(C)(C)C(=O)O. The molecule has 0 unspecified atom stereocenters. The predicted molar refractivity (Wildman–Crippen MR) is 64.3 cm³/mol. The van der Waals surface area contributed by atoms with Gasteiger partial charge in [0.05, 0.1) is 5.41 Å². The minimum atomic E-state index is -0.837. The molecule has 0 aliphatic heterocycles. The number of hydrogen-bond acceptors (Lipinski definition) is 2. The number of hydrogen-bond donors (Lipinski definition) is 1. The Kier molecular flexibility index (Phi) is 5.17. The van der Waals surface area contributed by atoms with Gasteiger partial charge in [0, 0.05) is 12.8 Å². The van der Waals surface area contributed by atoms with Gasteiger partial charge in [-0.1, -0.05) is 20.8 Å². The second-order valence-electron chi connectivity index (χ2n) is 6.29. The summed E-state index contributed by atoms with van der Waals surface area (Å²) >= 11 is 0. The molecule has 0 fully saturated rings. The van der Waals surface area contributed by atoms with Crippen molar-refractivity contribution in [3.05, 3.63) is 0 Å². The van der Waals surface area contributed by atoms with E-state index in [9.17, 15) is 9.59 Å². The normalized spacial score (nSPS) is 12.6. The van der Waals surface area contributed by atoms with E-state index in [1.54, 1.807) is 13.8 Å². The molecule has 0 atom stereocenters. The molecule has 3 nitrogen and oxygen atoms in total. The number of aliphatic carboxylic acids is 1. The second kappa shape index (κ2) is 5.46. The third kappa shape index (κ3) is 6.59. The Balaban J connectivity index is 3.96. The van der Waals surface area contributed by atoms with Gasteiger partial charge in [-0.25, -0.2) is 0 Å². The number of carbonyl (C=O) groups is 2. The summed E-state index contributed by atoms with van der Waals surface area (Å²) in [6.07, 6.45) is 2.21. The summed E-state index contributed by atoms with van der Waals surface area (Å²) in [6.45, 7) is 9.61. The fourth-order valence-electron chi connectivity index (χ4n) is 1.20. The van der Waals surface area contributed by atoms with Gasteiger partial charge in [0.25, 0.3) is 0 Å². The summed E-state index contributed by atoms with van der Waals surface area (Å²) in [5, 5.41) is 8.90. The number of rotatable bonds is 6. The highest BCUT2D eigenvalue weighted by molar-refractivity contribution is 5.80. The molecular weight excluding hydrogens is 204 g/mol. The van der Waals surface area contributed by atoms with Crippen LogP contribution in [0, 0.1) is 10.8 Å². The van der Waals surface area contributed by atoms with E-state index in [1.165, 1.54) is 0 Å². The number of ketones is 1. The highest BCUT2D eigenvalue weighted by Crippen LogP contribution is 2.25. The molecule has 0 heterocycles. The van der Waals surface area contributed by atoms with Gasteiger partial charge in [0.15, 0.2) is 0 Å². The molecule has 3 heteroatoms. The average molecular weight is 228 g/mol. The Bertz CT molecular complexity index is 259. The quantitative estimate of drug-likeness (QED) is 0.759. The Labute approximate surface area is 98.2 Å². The predicted octanol–water partition coefficient (Wildman–Crippen LogP) is 3.27. The van der Waals surface area contributed by atoms with Crippen LogP contribution in [-0.2, 0) is 9.59 Å². The molecule has 0 saturated carbocycles. The van der Waals surface area contributed by atoms with Crippen LogP contribution in [0.25, 0.3) is 0 Å². The van der Waals surface area contributed by atoms with Crippen molar-refractivity contribution in [1.82, 2.24) is 0 Å². The number of carbonyl (C=O) groups excluding carboxylic acids is 1. The van der Waals surface area contributed by atoms with Gasteiger partial charge in [0.2, 0.25) is 0 Å². The Morgan fingerprint density at radius 1 is 0.938 bits per heavy atom. The van der Waals surface area contributed by atoms with Crippen LogP contribution in [0.1, 0.15) is 60.3 Å². The first-order valence-electron chi connectivity index (χ1n) is 5.80. The van der Waals surface area contributed by atoms with Gasteiger partial charge in [-0.3, -0.25) is 9.59 Å². The lowest BCUT2D eigenvalue weighted by Gasteiger charge is -2.20. The van der Waals surface area contributed by atoms with Gasteiger partial charge < -0.3 is 5.11 Å². The zero-order chi connectivity index (χ0) is 13.0. The zero-order valence-electron chi connectivity index (χ0n) is 11.1. The molecule has 0 radical (unpaired) electrons. The summed E-state index contributed by atoms with van der Waals surface area (Å²) < 4.78 is 0. The molecule has 0 aromatic carbocycles. The van der Waals surface area contributed by atoms with E-state index in [0.29, 0.717) is 19.3 Å². The maximum absolute atomic E-state index is 11.6. The molecule has 0 bridgehead atoms. The summed E-state index contributed by atoms with van der Waals surface area (Å²) in [5.41, 5.74) is -0.630. The Morgan fingerprint density at radius 3 is 1.75 bits per heavy atom. The molecule has 0 aromatic rings. The maximum atomic E-state index is 11.6. The molecule has 16 heavy (non-hydrogen) atoms. The monoisotopic (exact) mass is 228 g/mol. The van der Waals surface area contributed by atoms with Gasteiger partial charge >= 0.3 is 5.97 Å². The van der Waals surface area contributed by atoms with Crippen LogP contribution < -0.4 is 0 Å². The molecule has 0 amide bonds. The van der Waals surface area contributed by atoms with E-state index in [1.807, 2.05) is 0 Å². The van der Waals surface area contributed by atoms with Crippen molar-refractivity contribution < 1.29 is 14.7 Å². The van der Waals surface area contributed by atoms with Crippen molar-refractivity contribution in [2.24, 2.45) is 10.8 Å². The van der Waals surface area contributed by atoms with Crippen LogP contribution in [0.4, 0.5) is 0 Å². The van der Waals surface area contributed by atoms with Crippen molar-refractivity contribution in [3.63, 3.8) is 0 Å². The highest BCUT2D eigenvalue weighted by atomic mass is 16.4.